The van der Waals surface area contributed by atoms with Crippen LogP contribution in [0.4, 0.5) is 0 Å². The van der Waals surface area contributed by atoms with Gasteiger partial charge < -0.3 is 15.0 Å². The smallest absolute Gasteiger partial charge is 0.257 e. The van der Waals surface area contributed by atoms with Crippen molar-refractivity contribution in [1.29, 1.82) is 0 Å². The normalized spacial score (nSPS) is 15.0. The summed E-state index contributed by atoms with van der Waals surface area (Å²) in [6, 6.07) is 5.52. The van der Waals surface area contributed by atoms with Gasteiger partial charge in [-0.05, 0) is 44.9 Å². The number of benzene rings is 1. The van der Waals surface area contributed by atoms with Crippen molar-refractivity contribution < 1.29 is 14.3 Å². The van der Waals surface area contributed by atoms with Gasteiger partial charge in [0, 0.05) is 36.8 Å². The molecule has 1 aliphatic heterocycles. The molecule has 8 heteroatoms. The first-order valence-corrected chi connectivity index (χ1v) is 10.2. The minimum absolute atomic E-state index is 0.0192. The van der Waals surface area contributed by atoms with Crippen LogP contribution in [0.3, 0.4) is 0 Å². The number of aromatic nitrogens is 2. The van der Waals surface area contributed by atoms with Gasteiger partial charge in [-0.25, -0.2) is 0 Å². The Labute approximate surface area is 173 Å². The molecule has 2 amide bonds. The Kier molecular flexibility index (Phi) is 6.39. The van der Waals surface area contributed by atoms with Crippen molar-refractivity contribution in [3.63, 3.8) is 0 Å². The summed E-state index contributed by atoms with van der Waals surface area (Å²) in [5, 5.41) is 7.05. The topological polar surface area (TPSA) is 76.5 Å². The van der Waals surface area contributed by atoms with Crippen LogP contribution in [0.15, 0.2) is 35.1 Å². The highest BCUT2D eigenvalue weighted by molar-refractivity contribution is 9.10. The Morgan fingerprint density at radius 2 is 2.00 bits per heavy atom. The molecule has 7 nitrogen and oxygen atoms in total. The number of piperidine rings is 1. The largest absolute Gasteiger partial charge is 0.490 e. The molecule has 1 aromatic carbocycles. The highest BCUT2D eigenvalue weighted by Gasteiger charge is 2.27. The zero-order valence-electron chi connectivity index (χ0n) is 16.3. The minimum Gasteiger partial charge on any atom is -0.490 e. The predicted molar refractivity (Wildman–Crippen MR) is 110 cm³/mol. The lowest BCUT2D eigenvalue weighted by molar-refractivity contribution is 0.0692. The van der Waals surface area contributed by atoms with E-state index in [1.165, 1.54) is 0 Å². The first kappa shape index (κ1) is 20.4. The number of amides is 2. The lowest BCUT2D eigenvalue weighted by atomic mass is 10.0. The average molecular weight is 449 g/mol. The Bertz CT molecular complexity index is 857. The van der Waals surface area contributed by atoms with Gasteiger partial charge >= 0.3 is 0 Å². The summed E-state index contributed by atoms with van der Waals surface area (Å²) in [7, 11) is 1.78. The number of ether oxygens (including phenoxy) is 1. The summed E-state index contributed by atoms with van der Waals surface area (Å²) in [6.07, 6.45) is 4.66. The van der Waals surface area contributed by atoms with Crippen LogP contribution in [0.25, 0.3) is 0 Å². The summed E-state index contributed by atoms with van der Waals surface area (Å²) in [6.45, 7) is 5.05. The van der Waals surface area contributed by atoms with E-state index in [4.69, 9.17) is 4.74 Å². The minimum atomic E-state index is -0.126. The lowest BCUT2D eigenvalue weighted by Crippen LogP contribution is -2.46. The van der Waals surface area contributed by atoms with E-state index in [1.54, 1.807) is 30.2 Å². The fraction of sp³-hybridized carbons (Fsp3) is 0.450. The maximum absolute atomic E-state index is 13.0. The van der Waals surface area contributed by atoms with Crippen molar-refractivity contribution >= 4 is 27.7 Å². The highest BCUT2D eigenvalue weighted by atomic mass is 79.9. The fourth-order valence-corrected chi connectivity index (χ4v) is 3.57. The van der Waals surface area contributed by atoms with Gasteiger partial charge in [0.2, 0.25) is 0 Å². The third-order valence-corrected chi connectivity index (χ3v) is 5.11. The summed E-state index contributed by atoms with van der Waals surface area (Å²) < 4.78 is 8.29. The molecule has 150 valence electrons. The number of rotatable bonds is 5. The number of carbonyl (C=O) groups excluding carboxylic acids is 2. The van der Waals surface area contributed by atoms with Crippen molar-refractivity contribution in [3.8, 4) is 5.75 Å². The Morgan fingerprint density at radius 3 is 2.61 bits per heavy atom. The van der Waals surface area contributed by atoms with Gasteiger partial charge in [0.1, 0.15) is 5.75 Å². The van der Waals surface area contributed by atoms with Crippen molar-refractivity contribution in [1.82, 2.24) is 20.0 Å². The summed E-state index contributed by atoms with van der Waals surface area (Å²) >= 11 is 3.43. The van der Waals surface area contributed by atoms with Crippen LogP contribution >= 0.6 is 15.9 Å². The van der Waals surface area contributed by atoms with Crippen molar-refractivity contribution in [2.75, 3.05) is 13.1 Å². The predicted octanol–water partition coefficient (Wildman–Crippen LogP) is 3.00. The molecule has 0 bridgehead atoms. The van der Waals surface area contributed by atoms with Gasteiger partial charge in [0.15, 0.2) is 0 Å². The van der Waals surface area contributed by atoms with Gasteiger partial charge in [-0.3, -0.25) is 14.3 Å². The van der Waals surface area contributed by atoms with Crippen LogP contribution in [0, 0.1) is 0 Å². The number of likely N-dealkylation sites (tertiary alicyclic amines) is 1. The molecule has 1 saturated heterocycles. The Balaban J connectivity index is 1.60. The van der Waals surface area contributed by atoms with Crippen LogP contribution in [0.1, 0.15) is 47.4 Å². The molecule has 1 aromatic heterocycles. The second kappa shape index (κ2) is 8.77. The zero-order valence-corrected chi connectivity index (χ0v) is 17.9. The van der Waals surface area contributed by atoms with Crippen LogP contribution in [-0.4, -0.2) is 51.7 Å². The fourth-order valence-electron chi connectivity index (χ4n) is 3.23. The molecular formula is C20H25BrN4O3. The molecule has 1 N–H and O–H groups in total. The van der Waals surface area contributed by atoms with Gasteiger partial charge in [0.25, 0.3) is 11.8 Å². The maximum Gasteiger partial charge on any atom is 0.257 e. The summed E-state index contributed by atoms with van der Waals surface area (Å²) in [5.74, 6) is 0.417. The first-order chi connectivity index (χ1) is 13.3. The molecule has 1 aliphatic rings. The van der Waals surface area contributed by atoms with E-state index in [1.807, 2.05) is 30.9 Å². The molecule has 0 saturated carbocycles. The number of hydrogen-bond donors (Lipinski definition) is 1. The van der Waals surface area contributed by atoms with E-state index in [9.17, 15) is 9.59 Å². The second-order valence-corrected chi connectivity index (χ2v) is 8.17. The molecule has 0 radical (unpaired) electrons. The van der Waals surface area contributed by atoms with E-state index < -0.39 is 0 Å². The quantitative estimate of drug-likeness (QED) is 0.762. The van der Waals surface area contributed by atoms with Crippen LogP contribution in [-0.2, 0) is 7.05 Å². The second-order valence-electron chi connectivity index (χ2n) is 7.25. The molecule has 0 spiro atoms. The molecule has 2 aromatic rings. The van der Waals surface area contributed by atoms with Gasteiger partial charge in [-0.1, -0.05) is 15.9 Å². The van der Waals surface area contributed by atoms with E-state index in [0.717, 1.165) is 4.47 Å². The van der Waals surface area contributed by atoms with Gasteiger partial charge in [-0.15, -0.1) is 0 Å². The van der Waals surface area contributed by atoms with Gasteiger partial charge in [-0.2, -0.15) is 5.10 Å². The van der Waals surface area contributed by atoms with E-state index in [2.05, 4.69) is 26.3 Å². The number of aryl methyl sites for hydroxylation is 1. The van der Waals surface area contributed by atoms with Crippen LogP contribution in [0.5, 0.6) is 5.75 Å². The third kappa shape index (κ3) is 4.92. The number of nitrogens with one attached hydrogen (secondary N) is 1. The van der Waals surface area contributed by atoms with Crippen LogP contribution in [0.2, 0.25) is 0 Å². The molecule has 28 heavy (non-hydrogen) atoms. The average Bonchev–Trinajstić information content (AvgIpc) is 3.08. The Morgan fingerprint density at radius 1 is 1.29 bits per heavy atom. The third-order valence-electron chi connectivity index (χ3n) is 4.62. The SMILES string of the molecule is CC(C)Oc1cc(Br)ccc1C(=O)N1CCC(NC(=O)c2cnn(C)c2)CC1. The molecule has 0 unspecified atom stereocenters. The molecule has 1 fully saturated rings. The molecular weight excluding hydrogens is 424 g/mol. The number of hydrogen-bond acceptors (Lipinski definition) is 4. The number of halogens is 1. The van der Waals surface area contributed by atoms with Crippen molar-refractivity contribution in [2.24, 2.45) is 7.05 Å². The number of nitrogens with zero attached hydrogens (tertiary/aromatic N) is 3. The molecule has 0 aliphatic carbocycles. The zero-order chi connectivity index (χ0) is 20.3. The maximum atomic E-state index is 13.0. The van der Waals surface area contributed by atoms with Crippen LogP contribution < -0.4 is 10.1 Å². The van der Waals surface area contributed by atoms with E-state index in [0.29, 0.717) is 42.8 Å². The molecule has 2 heterocycles. The first-order valence-electron chi connectivity index (χ1n) is 9.38. The standard InChI is InChI=1S/C20H25BrN4O3/c1-13(2)28-18-10-15(21)4-5-17(18)20(27)25-8-6-16(7-9-25)23-19(26)14-11-22-24(3)12-14/h4-5,10-13,16H,6-9H2,1-3H3,(H,23,26). The summed E-state index contributed by atoms with van der Waals surface area (Å²) in [5.41, 5.74) is 1.11. The summed E-state index contributed by atoms with van der Waals surface area (Å²) in [4.78, 5) is 27.1. The molecule has 0 atom stereocenters. The van der Waals surface area contributed by atoms with E-state index >= 15 is 0 Å². The lowest BCUT2D eigenvalue weighted by Gasteiger charge is -2.32. The highest BCUT2D eigenvalue weighted by Crippen LogP contribution is 2.27. The van der Waals surface area contributed by atoms with Crippen molar-refractivity contribution in [2.45, 2.75) is 38.8 Å². The molecule has 3 rings (SSSR count). The van der Waals surface area contributed by atoms with Gasteiger partial charge in [0.05, 0.1) is 23.4 Å². The van der Waals surface area contributed by atoms with E-state index in [-0.39, 0.29) is 24.0 Å². The number of carbonyl (C=O) groups is 2. The van der Waals surface area contributed by atoms with Crippen molar-refractivity contribution in [3.05, 3.63) is 46.2 Å². The Hall–Kier alpha value is -2.35. The monoisotopic (exact) mass is 448 g/mol.